The molecule has 3 N–H and O–H groups in total. The molecular weight excluding hydrogens is 526 g/mol. The van der Waals surface area contributed by atoms with Crippen molar-refractivity contribution < 1.29 is 22.0 Å². The van der Waals surface area contributed by atoms with Crippen molar-refractivity contribution in [3.8, 4) is 5.69 Å². The number of nitrogens with one attached hydrogen (secondary N) is 1. The average Bonchev–Trinajstić information content (AvgIpc) is 2.79. The highest BCUT2D eigenvalue weighted by atomic mass is 79.9. The van der Waals surface area contributed by atoms with Crippen LogP contribution in [-0.4, -0.2) is 27.9 Å². The van der Waals surface area contributed by atoms with Crippen LogP contribution in [0.1, 0.15) is 10.6 Å². The van der Waals surface area contributed by atoms with Crippen molar-refractivity contribution in [1.29, 1.82) is 0 Å². The Kier molecular flexibility index (Phi) is 6.16. The second kappa shape index (κ2) is 8.90. The molecule has 0 spiro atoms. The Bertz CT molecular complexity index is 1520. The van der Waals surface area contributed by atoms with Gasteiger partial charge in [0.15, 0.2) is 10.8 Å². The van der Waals surface area contributed by atoms with Crippen LogP contribution < -0.4 is 16.2 Å². The molecule has 0 saturated carbocycles. The van der Waals surface area contributed by atoms with Crippen LogP contribution in [0, 0.1) is 11.6 Å². The third-order valence-corrected chi connectivity index (χ3v) is 6.31. The van der Waals surface area contributed by atoms with Gasteiger partial charge in [-0.2, -0.15) is 0 Å². The van der Waals surface area contributed by atoms with E-state index >= 15 is 4.39 Å². The van der Waals surface area contributed by atoms with Gasteiger partial charge in [0.05, 0.1) is 10.9 Å². The van der Waals surface area contributed by atoms with Gasteiger partial charge < -0.3 is 5.73 Å². The molecule has 4 aromatic rings. The molecule has 170 valence electrons. The highest BCUT2D eigenvalue weighted by Crippen LogP contribution is 2.30. The second-order valence-corrected chi connectivity index (χ2v) is 9.00. The van der Waals surface area contributed by atoms with Crippen molar-refractivity contribution in [2.45, 2.75) is 9.91 Å². The van der Waals surface area contributed by atoms with Gasteiger partial charge in [-0.1, -0.05) is 4.89 Å². The lowest BCUT2D eigenvalue weighted by Gasteiger charge is -2.16. The van der Waals surface area contributed by atoms with Gasteiger partial charge in [0.1, 0.15) is 16.4 Å². The van der Waals surface area contributed by atoms with Crippen molar-refractivity contribution in [1.82, 2.24) is 24.4 Å². The van der Waals surface area contributed by atoms with Gasteiger partial charge >= 0.3 is 0 Å². The lowest BCUT2D eigenvalue weighted by Crippen LogP contribution is -2.26. The molecule has 0 fully saturated rings. The molecule has 0 radical (unpaired) electrons. The maximum absolute atomic E-state index is 15.3. The van der Waals surface area contributed by atoms with Crippen molar-refractivity contribution in [3.63, 3.8) is 0 Å². The fraction of sp³-hybridized carbons (Fsp3) is 0.0526. The number of aromatic nitrogens is 4. The Morgan fingerprint density at radius 3 is 2.70 bits per heavy atom. The zero-order valence-corrected chi connectivity index (χ0v) is 18.7. The lowest BCUT2D eigenvalue weighted by atomic mass is 10.1. The maximum Gasteiger partial charge on any atom is 0.266 e. The Labute approximate surface area is 193 Å². The predicted octanol–water partition coefficient (Wildman–Crippen LogP) is 2.34. The summed E-state index contributed by atoms with van der Waals surface area (Å²) in [5.41, 5.74) is 3.94. The molecule has 10 nitrogen and oxygen atoms in total. The van der Waals surface area contributed by atoms with Gasteiger partial charge in [-0.25, -0.2) is 27.2 Å². The number of hydrogen-bond acceptors (Lipinski definition) is 8. The van der Waals surface area contributed by atoms with E-state index in [-0.39, 0.29) is 27.3 Å². The predicted molar refractivity (Wildman–Crippen MR) is 117 cm³/mol. The fourth-order valence-corrected chi connectivity index (χ4v) is 4.24. The topological polar surface area (TPSA) is 142 Å². The van der Waals surface area contributed by atoms with Crippen molar-refractivity contribution in [2.24, 2.45) is 0 Å². The molecule has 0 aliphatic carbocycles. The lowest BCUT2D eigenvalue weighted by molar-refractivity contribution is 0.0746. The van der Waals surface area contributed by atoms with Crippen LogP contribution in [0.4, 0.5) is 14.7 Å². The molecule has 3 aromatic heterocycles. The summed E-state index contributed by atoms with van der Waals surface area (Å²) in [6, 6.07) is 6.00. The summed E-state index contributed by atoms with van der Waals surface area (Å²) in [4.78, 5) is 30.8. The molecule has 0 aliphatic heterocycles. The normalized spacial score (nSPS) is 12.7. The Hall–Kier alpha value is -3.33. The number of anilines is 1. The van der Waals surface area contributed by atoms with Crippen molar-refractivity contribution >= 4 is 42.8 Å². The van der Waals surface area contributed by atoms with E-state index in [1.54, 1.807) is 0 Å². The summed E-state index contributed by atoms with van der Waals surface area (Å²) >= 11 is 3.01. The minimum absolute atomic E-state index is 0.00761. The number of nitrogens with two attached hydrogens (primary N) is 1. The summed E-state index contributed by atoms with van der Waals surface area (Å²) in [6.07, 6.45) is 4.77. The third-order valence-electron chi connectivity index (χ3n) is 4.46. The van der Waals surface area contributed by atoms with E-state index in [0.717, 1.165) is 35.3 Å². The van der Waals surface area contributed by atoms with E-state index in [0.29, 0.717) is 0 Å². The van der Waals surface area contributed by atoms with E-state index in [1.165, 1.54) is 24.4 Å². The smallest absolute Gasteiger partial charge is 0.266 e. The number of benzene rings is 1. The summed E-state index contributed by atoms with van der Waals surface area (Å²) in [5, 5.41) is -1.38. The van der Waals surface area contributed by atoms with E-state index < -0.39 is 37.9 Å². The van der Waals surface area contributed by atoms with Crippen LogP contribution in [-0.2, 0) is 14.9 Å². The van der Waals surface area contributed by atoms with Crippen molar-refractivity contribution in [2.75, 3.05) is 5.73 Å². The highest BCUT2D eigenvalue weighted by molar-refractivity contribution is 9.09. The number of nitrogens with zero attached hydrogens (tertiary/aromatic N) is 4. The number of pyridine rings is 2. The first kappa shape index (κ1) is 22.8. The largest absolute Gasteiger partial charge is 0.368 e. The zero-order chi connectivity index (χ0) is 23.8. The fourth-order valence-electron chi connectivity index (χ4n) is 2.90. The van der Waals surface area contributed by atoms with Gasteiger partial charge in [0, 0.05) is 30.4 Å². The zero-order valence-electron chi connectivity index (χ0n) is 16.3. The van der Waals surface area contributed by atoms with Gasteiger partial charge in [0.2, 0.25) is 5.95 Å². The standard InChI is InChI=1S/C19H13BrF2N6O4S/c20-17(32-27-33(30,31)10-2-1-6-24-8-10)11-3-4-13(21)16(15(11)22)28-7-5-14-12(18(28)29)9-25-19(23)26-14/h1-9,17,27H,(H2,23,25,26). The minimum atomic E-state index is -4.12. The molecule has 14 heteroatoms. The molecule has 4 rings (SSSR count). The van der Waals surface area contributed by atoms with E-state index in [1.807, 2.05) is 4.89 Å². The Morgan fingerprint density at radius 1 is 1.18 bits per heavy atom. The first-order valence-corrected chi connectivity index (χ1v) is 11.4. The number of sulfonamides is 1. The van der Waals surface area contributed by atoms with Gasteiger partial charge in [-0.3, -0.25) is 19.2 Å². The summed E-state index contributed by atoms with van der Waals surface area (Å²) in [5.74, 6) is -2.26. The molecule has 0 aliphatic rings. The number of hydrogen-bond donors (Lipinski definition) is 2. The first-order valence-electron chi connectivity index (χ1n) is 9.03. The highest BCUT2D eigenvalue weighted by Gasteiger charge is 2.24. The third kappa shape index (κ3) is 4.45. The monoisotopic (exact) mass is 538 g/mol. The number of fused-ring (bicyclic) bond motifs is 1. The maximum atomic E-state index is 15.3. The first-order chi connectivity index (χ1) is 15.7. The summed E-state index contributed by atoms with van der Waals surface area (Å²) < 4.78 is 55.2. The van der Waals surface area contributed by atoms with Crippen LogP contribution in [0.5, 0.6) is 0 Å². The van der Waals surface area contributed by atoms with Crippen LogP contribution in [0.15, 0.2) is 64.8 Å². The van der Waals surface area contributed by atoms with Gasteiger partial charge in [-0.15, -0.1) is 0 Å². The molecule has 0 bridgehead atoms. The van der Waals surface area contributed by atoms with Gasteiger partial charge in [-0.05, 0) is 46.3 Å². The molecule has 1 atom stereocenters. The molecule has 1 unspecified atom stereocenters. The molecule has 1 aromatic carbocycles. The Balaban J connectivity index is 1.69. The quantitative estimate of drug-likeness (QED) is 0.281. The number of nitrogen functional groups attached to an aromatic ring is 1. The van der Waals surface area contributed by atoms with E-state index in [9.17, 15) is 17.6 Å². The van der Waals surface area contributed by atoms with E-state index in [4.69, 9.17) is 10.6 Å². The number of halogens is 3. The SMILES string of the molecule is Nc1ncc2c(=O)n(-c3c(F)ccc(C(Br)ONS(=O)(=O)c4cccnc4)c3F)ccc2n1. The molecule has 0 saturated heterocycles. The molecule has 33 heavy (non-hydrogen) atoms. The van der Waals surface area contributed by atoms with E-state index in [2.05, 4.69) is 30.9 Å². The summed E-state index contributed by atoms with van der Waals surface area (Å²) in [6.45, 7) is 0. The van der Waals surface area contributed by atoms with Crippen LogP contribution >= 0.6 is 15.9 Å². The molecule has 3 heterocycles. The molecule has 0 amide bonds. The molecular formula is C19H13BrF2N6O4S. The van der Waals surface area contributed by atoms with Crippen LogP contribution in [0.2, 0.25) is 0 Å². The van der Waals surface area contributed by atoms with Crippen molar-refractivity contribution in [3.05, 3.63) is 82.7 Å². The van der Waals surface area contributed by atoms with Crippen LogP contribution in [0.25, 0.3) is 16.6 Å². The number of rotatable bonds is 6. The number of alkyl halides is 1. The van der Waals surface area contributed by atoms with Gasteiger partial charge in [0.25, 0.3) is 15.6 Å². The Morgan fingerprint density at radius 2 is 1.97 bits per heavy atom. The van der Waals surface area contributed by atoms with Crippen LogP contribution in [0.3, 0.4) is 0 Å². The minimum Gasteiger partial charge on any atom is -0.368 e. The summed E-state index contributed by atoms with van der Waals surface area (Å²) in [7, 11) is -4.12. The average molecular weight is 539 g/mol. The second-order valence-electron chi connectivity index (χ2n) is 6.53.